The van der Waals surface area contributed by atoms with Crippen molar-refractivity contribution in [3.8, 4) is 5.75 Å². The van der Waals surface area contributed by atoms with Crippen molar-refractivity contribution in [2.45, 2.75) is 77.4 Å². The Kier molecular flexibility index (Phi) is 9.19. The number of benzene rings is 2. The second-order valence-corrected chi connectivity index (χ2v) is 9.45. The summed E-state index contributed by atoms with van der Waals surface area (Å²) in [7, 11) is 0. The lowest BCUT2D eigenvalue weighted by Gasteiger charge is -2.31. The van der Waals surface area contributed by atoms with E-state index >= 15 is 0 Å². The topological polar surface area (TPSA) is 58.6 Å². The Balaban J connectivity index is 1.74. The Bertz CT molecular complexity index is 923. The number of ether oxygens (including phenoxy) is 1. The minimum absolute atomic E-state index is 0.105. The Morgan fingerprint density at radius 3 is 2.36 bits per heavy atom. The average Bonchev–Trinajstić information content (AvgIpc) is 3.31. The average molecular weight is 471 g/mol. The minimum Gasteiger partial charge on any atom is -0.484 e. The summed E-state index contributed by atoms with van der Waals surface area (Å²) >= 11 is 6.38. The number of nitrogens with one attached hydrogen (secondary N) is 1. The molecule has 33 heavy (non-hydrogen) atoms. The van der Waals surface area contributed by atoms with Crippen molar-refractivity contribution in [1.82, 2.24) is 10.2 Å². The highest BCUT2D eigenvalue weighted by molar-refractivity contribution is 6.31. The number of hydrogen-bond acceptors (Lipinski definition) is 3. The SMILES string of the molecule is CC[C@H](C(=O)NC1CCCC1)N(Cc1ccccc1Cl)C(=O)COc1ccc(C(C)C)cc1. The molecule has 3 rings (SSSR count). The number of nitrogens with zero attached hydrogens (tertiary/aromatic N) is 1. The summed E-state index contributed by atoms with van der Waals surface area (Å²) < 4.78 is 5.80. The van der Waals surface area contributed by atoms with Gasteiger partial charge in [-0.25, -0.2) is 0 Å². The molecule has 5 nitrogen and oxygen atoms in total. The number of rotatable bonds is 10. The van der Waals surface area contributed by atoms with Crippen LogP contribution in [0.15, 0.2) is 48.5 Å². The molecule has 0 radical (unpaired) electrons. The molecule has 1 fully saturated rings. The largest absolute Gasteiger partial charge is 0.484 e. The molecule has 1 saturated carbocycles. The van der Waals surface area contributed by atoms with Crippen molar-refractivity contribution in [3.63, 3.8) is 0 Å². The Labute approximate surface area is 202 Å². The van der Waals surface area contributed by atoms with Gasteiger partial charge in [-0.15, -0.1) is 0 Å². The highest BCUT2D eigenvalue weighted by atomic mass is 35.5. The van der Waals surface area contributed by atoms with Crippen molar-refractivity contribution in [2.24, 2.45) is 0 Å². The van der Waals surface area contributed by atoms with E-state index in [0.29, 0.717) is 23.1 Å². The first-order chi connectivity index (χ1) is 15.9. The first-order valence-electron chi connectivity index (χ1n) is 11.9. The van der Waals surface area contributed by atoms with Gasteiger partial charge < -0.3 is 15.0 Å². The van der Waals surface area contributed by atoms with E-state index in [-0.39, 0.29) is 31.0 Å². The van der Waals surface area contributed by atoms with Gasteiger partial charge in [0.15, 0.2) is 6.61 Å². The smallest absolute Gasteiger partial charge is 0.261 e. The van der Waals surface area contributed by atoms with Crippen molar-refractivity contribution in [2.75, 3.05) is 6.61 Å². The number of hydrogen-bond donors (Lipinski definition) is 1. The maximum atomic E-state index is 13.3. The third-order valence-corrected chi connectivity index (χ3v) is 6.66. The molecule has 0 saturated heterocycles. The molecule has 2 aromatic carbocycles. The molecular formula is C27H35ClN2O3. The second kappa shape index (κ2) is 12.1. The van der Waals surface area contributed by atoms with E-state index in [2.05, 4.69) is 19.2 Å². The van der Waals surface area contributed by atoms with Crippen LogP contribution in [0.3, 0.4) is 0 Å². The molecule has 1 aliphatic carbocycles. The third kappa shape index (κ3) is 6.97. The first kappa shape index (κ1) is 25.1. The zero-order valence-corrected chi connectivity index (χ0v) is 20.6. The highest BCUT2D eigenvalue weighted by Gasteiger charge is 2.31. The summed E-state index contributed by atoms with van der Waals surface area (Å²) in [5.74, 6) is 0.715. The van der Waals surface area contributed by atoms with Crippen molar-refractivity contribution in [1.29, 1.82) is 0 Å². The molecule has 0 aliphatic heterocycles. The molecule has 0 spiro atoms. The summed E-state index contributed by atoms with van der Waals surface area (Å²) in [6.07, 6.45) is 4.77. The molecular weight excluding hydrogens is 436 g/mol. The van der Waals surface area contributed by atoms with Gasteiger partial charge in [-0.2, -0.15) is 0 Å². The van der Waals surface area contributed by atoms with Crippen LogP contribution >= 0.6 is 11.6 Å². The summed E-state index contributed by atoms with van der Waals surface area (Å²) in [4.78, 5) is 28.1. The molecule has 0 bridgehead atoms. The molecule has 1 atom stereocenters. The van der Waals surface area contributed by atoms with Crippen LogP contribution in [-0.4, -0.2) is 35.4 Å². The maximum absolute atomic E-state index is 13.3. The van der Waals surface area contributed by atoms with Crippen molar-refractivity contribution < 1.29 is 14.3 Å². The van der Waals surface area contributed by atoms with Crippen LogP contribution in [0.1, 0.15) is 69.9 Å². The predicted octanol–water partition coefficient (Wildman–Crippen LogP) is 5.71. The normalized spacial score (nSPS) is 14.8. The zero-order chi connectivity index (χ0) is 23.8. The standard InChI is InChI=1S/C27H35ClN2O3/c1-4-25(27(32)29-22-10-6-7-11-22)30(17-21-9-5-8-12-24(21)28)26(31)18-33-23-15-13-20(14-16-23)19(2)3/h5,8-9,12-16,19,22,25H,4,6-7,10-11,17-18H2,1-3H3,(H,29,32)/t25-/m1/s1. The van der Waals surface area contributed by atoms with Gasteiger partial charge in [0.25, 0.3) is 5.91 Å². The maximum Gasteiger partial charge on any atom is 0.261 e. The van der Waals surface area contributed by atoms with Gasteiger partial charge in [0.05, 0.1) is 0 Å². The molecule has 1 N–H and O–H groups in total. The van der Waals surface area contributed by atoms with Gasteiger partial charge in [0.1, 0.15) is 11.8 Å². The summed E-state index contributed by atoms with van der Waals surface area (Å²) in [6.45, 7) is 6.31. The third-order valence-electron chi connectivity index (χ3n) is 6.30. The lowest BCUT2D eigenvalue weighted by molar-refractivity contribution is -0.143. The van der Waals surface area contributed by atoms with Crippen LogP contribution in [0, 0.1) is 0 Å². The molecule has 6 heteroatoms. The van der Waals surface area contributed by atoms with Crippen LogP contribution in [0.4, 0.5) is 0 Å². The van der Waals surface area contributed by atoms with E-state index in [9.17, 15) is 9.59 Å². The zero-order valence-electron chi connectivity index (χ0n) is 19.9. The second-order valence-electron chi connectivity index (χ2n) is 9.04. The van der Waals surface area contributed by atoms with Gasteiger partial charge in [0, 0.05) is 17.6 Å². The summed E-state index contributed by atoms with van der Waals surface area (Å²) in [5, 5.41) is 3.73. The van der Waals surface area contributed by atoms with Gasteiger partial charge in [-0.1, -0.05) is 75.5 Å². The minimum atomic E-state index is -0.582. The van der Waals surface area contributed by atoms with E-state index in [0.717, 1.165) is 31.2 Å². The number of halogens is 1. The van der Waals surface area contributed by atoms with E-state index in [4.69, 9.17) is 16.3 Å². The fourth-order valence-electron chi connectivity index (χ4n) is 4.27. The van der Waals surface area contributed by atoms with Crippen molar-refractivity contribution >= 4 is 23.4 Å². The molecule has 0 unspecified atom stereocenters. The van der Waals surface area contributed by atoms with Gasteiger partial charge in [-0.3, -0.25) is 9.59 Å². The summed E-state index contributed by atoms with van der Waals surface area (Å²) in [5.41, 5.74) is 2.02. The number of carbonyl (C=O) groups excluding carboxylic acids is 2. The van der Waals surface area contributed by atoms with Gasteiger partial charge in [-0.05, 0) is 54.5 Å². The van der Waals surface area contributed by atoms with Crippen LogP contribution < -0.4 is 10.1 Å². The fourth-order valence-corrected chi connectivity index (χ4v) is 4.47. The number of carbonyl (C=O) groups is 2. The van der Waals surface area contributed by atoms with Gasteiger partial charge >= 0.3 is 0 Å². The summed E-state index contributed by atoms with van der Waals surface area (Å²) in [6, 6.07) is 14.8. The van der Waals surface area contributed by atoms with Crippen LogP contribution in [0.2, 0.25) is 5.02 Å². The quantitative estimate of drug-likeness (QED) is 0.484. The van der Waals surface area contributed by atoms with E-state index in [1.54, 1.807) is 11.0 Å². The molecule has 0 aromatic heterocycles. The van der Waals surface area contributed by atoms with Gasteiger partial charge in [0.2, 0.25) is 5.91 Å². The van der Waals surface area contributed by atoms with Crippen LogP contribution in [0.25, 0.3) is 0 Å². The highest BCUT2D eigenvalue weighted by Crippen LogP contribution is 2.22. The van der Waals surface area contributed by atoms with E-state index in [1.165, 1.54) is 5.56 Å². The predicted molar refractivity (Wildman–Crippen MR) is 133 cm³/mol. The van der Waals surface area contributed by atoms with Crippen LogP contribution in [0.5, 0.6) is 5.75 Å². The molecule has 0 heterocycles. The Morgan fingerprint density at radius 2 is 1.76 bits per heavy atom. The number of amides is 2. The monoisotopic (exact) mass is 470 g/mol. The van der Waals surface area contributed by atoms with E-state index < -0.39 is 6.04 Å². The van der Waals surface area contributed by atoms with Crippen molar-refractivity contribution in [3.05, 3.63) is 64.7 Å². The lowest BCUT2D eigenvalue weighted by atomic mass is 10.0. The molecule has 2 aromatic rings. The Hall–Kier alpha value is -2.53. The van der Waals surface area contributed by atoms with E-state index in [1.807, 2.05) is 49.4 Å². The molecule has 178 valence electrons. The lowest BCUT2D eigenvalue weighted by Crippen LogP contribution is -2.52. The fraction of sp³-hybridized carbons (Fsp3) is 0.481. The Morgan fingerprint density at radius 1 is 1.09 bits per heavy atom. The first-order valence-corrected chi connectivity index (χ1v) is 12.3. The molecule has 2 amide bonds. The molecule has 1 aliphatic rings. The van der Waals surface area contributed by atoms with Crippen LogP contribution in [-0.2, 0) is 16.1 Å².